The topological polar surface area (TPSA) is 78.4 Å². The molecule has 124 valence electrons. The molecule has 1 aromatic heterocycles. The van der Waals surface area contributed by atoms with Gasteiger partial charge in [0.15, 0.2) is 0 Å². The van der Waals surface area contributed by atoms with Crippen LogP contribution in [0.4, 0.5) is 5.00 Å². The van der Waals surface area contributed by atoms with Crippen molar-refractivity contribution in [3.63, 3.8) is 0 Å². The number of aliphatic hydroxyl groups excluding tert-OH is 1. The van der Waals surface area contributed by atoms with E-state index in [1.807, 2.05) is 41.5 Å². The molecule has 0 saturated carbocycles. The first kappa shape index (κ1) is 18.6. The summed E-state index contributed by atoms with van der Waals surface area (Å²) in [6.45, 7) is 11.4. The lowest BCUT2D eigenvalue weighted by Gasteiger charge is -2.16. The summed E-state index contributed by atoms with van der Waals surface area (Å²) in [5.41, 5.74) is 0.326. The molecule has 0 aromatic carbocycles. The number of anilines is 1. The molecule has 0 aliphatic carbocycles. The van der Waals surface area contributed by atoms with Crippen molar-refractivity contribution in [3.05, 3.63) is 16.5 Å². The fraction of sp³-hybridized carbons (Fsp3) is 0.625. The van der Waals surface area contributed by atoms with Crippen LogP contribution in [0.25, 0.3) is 0 Å². The number of aliphatic hydroxyl groups is 1. The molecule has 0 aliphatic rings. The Kier molecular flexibility index (Phi) is 6.14. The molecule has 0 bridgehead atoms. The van der Waals surface area contributed by atoms with Crippen LogP contribution in [0.5, 0.6) is 0 Å². The third-order valence-corrected chi connectivity index (χ3v) is 4.43. The first-order chi connectivity index (χ1) is 10.0. The predicted octanol–water partition coefficient (Wildman–Crippen LogP) is 2.79. The number of hydrogen-bond acceptors (Lipinski definition) is 4. The summed E-state index contributed by atoms with van der Waals surface area (Å²) in [6, 6.07) is 1.79. The zero-order valence-corrected chi connectivity index (χ0v) is 14.9. The summed E-state index contributed by atoms with van der Waals surface area (Å²) in [6.07, 6.45) is -0.565. The minimum atomic E-state index is -0.565. The summed E-state index contributed by atoms with van der Waals surface area (Å²) in [5.74, 6) is -0.222. The van der Waals surface area contributed by atoms with Crippen molar-refractivity contribution >= 4 is 28.2 Å². The molecule has 0 saturated heterocycles. The fourth-order valence-electron chi connectivity index (χ4n) is 1.58. The molecule has 6 heteroatoms. The molecule has 22 heavy (non-hydrogen) atoms. The van der Waals surface area contributed by atoms with Crippen LogP contribution >= 0.6 is 11.3 Å². The van der Waals surface area contributed by atoms with Crippen molar-refractivity contribution in [1.29, 1.82) is 0 Å². The minimum absolute atomic E-state index is 0.0871. The highest BCUT2D eigenvalue weighted by Gasteiger charge is 2.23. The Morgan fingerprint density at radius 3 is 2.41 bits per heavy atom. The summed E-state index contributed by atoms with van der Waals surface area (Å²) >= 11 is 1.25. The predicted molar refractivity (Wildman–Crippen MR) is 90.3 cm³/mol. The monoisotopic (exact) mass is 326 g/mol. The number of thiophene rings is 1. The second kappa shape index (κ2) is 7.24. The van der Waals surface area contributed by atoms with Gasteiger partial charge in [0.2, 0.25) is 5.91 Å². The Hall–Kier alpha value is -1.40. The third-order valence-electron chi connectivity index (χ3n) is 3.28. The Balaban J connectivity index is 2.73. The van der Waals surface area contributed by atoms with E-state index in [2.05, 4.69) is 10.6 Å². The van der Waals surface area contributed by atoms with Crippen LogP contribution in [0.2, 0.25) is 0 Å². The Morgan fingerprint density at radius 2 is 1.91 bits per heavy atom. The van der Waals surface area contributed by atoms with Crippen molar-refractivity contribution < 1.29 is 14.7 Å². The molecule has 0 radical (unpaired) electrons. The van der Waals surface area contributed by atoms with E-state index in [-0.39, 0.29) is 24.3 Å². The SMILES string of the molecule is Cc1cc(NC(=O)C(C)(C)C)sc1C(=O)NCC(O)C(C)C. The maximum atomic E-state index is 12.2. The molecular weight excluding hydrogens is 300 g/mol. The molecule has 0 aliphatic heterocycles. The van der Waals surface area contributed by atoms with Crippen LogP contribution in [0.15, 0.2) is 6.07 Å². The van der Waals surface area contributed by atoms with Crippen LogP contribution < -0.4 is 10.6 Å². The number of hydrogen-bond donors (Lipinski definition) is 3. The van der Waals surface area contributed by atoms with E-state index in [1.54, 1.807) is 6.07 Å². The molecule has 1 aromatic rings. The molecule has 1 heterocycles. The van der Waals surface area contributed by atoms with Gasteiger partial charge in [-0.25, -0.2) is 0 Å². The quantitative estimate of drug-likeness (QED) is 0.778. The third kappa shape index (κ3) is 5.10. The van der Waals surface area contributed by atoms with Crippen LogP contribution in [0.1, 0.15) is 49.9 Å². The van der Waals surface area contributed by atoms with Gasteiger partial charge in [-0.3, -0.25) is 9.59 Å². The molecule has 5 nitrogen and oxygen atoms in total. The molecule has 1 unspecified atom stereocenters. The van der Waals surface area contributed by atoms with E-state index in [0.717, 1.165) is 5.56 Å². The maximum absolute atomic E-state index is 12.2. The van der Waals surface area contributed by atoms with E-state index in [9.17, 15) is 14.7 Å². The van der Waals surface area contributed by atoms with Crippen LogP contribution in [0, 0.1) is 18.3 Å². The molecule has 1 atom stereocenters. The lowest BCUT2D eigenvalue weighted by atomic mass is 9.96. The average Bonchev–Trinajstić information content (AvgIpc) is 2.75. The highest BCUT2D eigenvalue weighted by molar-refractivity contribution is 7.18. The largest absolute Gasteiger partial charge is 0.391 e. The second-order valence-electron chi connectivity index (χ2n) is 6.85. The van der Waals surface area contributed by atoms with Gasteiger partial charge in [-0.05, 0) is 24.5 Å². The summed E-state index contributed by atoms with van der Waals surface area (Å²) in [5, 5.41) is 16.0. The van der Waals surface area contributed by atoms with Crippen molar-refractivity contribution in [2.24, 2.45) is 11.3 Å². The van der Waals surface area contributed by atoms with Gasteiger partial charge in [0.05, 0.1) is 16.0 Å². The van der Waals surface area contributed by atoms with Gasteiger partial charge in [0, 0.05) is 12.0 Å². The van der Waals surface area contributed by atoms with Gasteiger partial charge in [0.25, 0.3) is 5.91 Å². The summed E-state index contributed by atoms with van der Waals surface area (Å²) < 4.78 is 0. The maximum Gasteiger partial charge on any atom is 0.261 e. The van der Waals surface area contributed by atoms with Gasteiger partial charge >= 0.3 is 0 Å². The molecule has 0 fully saturated rings. The van der Waals surface area contributed by atoms with E-state index in [0.29, 0.717) is 9.88 Å². The second-order valence-corrected chi connectivity index (χ2v) is 7.90. The van der Waals surface area contributed by atoms with Crippen LogP contribution in [-0.2, 0) is 4.79 Å². The lowest BCUT2D eigenvalue weighted by molar-refractivity contribution is -0.123. The molecule has 2 amide bonds. The normalized spacial score (nSPS) is 13.1. The zero-order chi connectivity index (χ0) is 17.1. The van der Waals surface area contributed by atoms with E-state index >= 15 is 0 Å². The highest BCUT2D eigenvalue weighted by Crippen LogP contribution is 2.28. The average molecular weight is 326 g/mol. The van der Waals surface area contributed by atoms with Crippen LogP contribution in [0.3, 0.4) is 0 Å². The summed E-state index contributed by atoms with van der Waals surface area (Å²) in [4.78, 5) is 24.7. The van der Waals surface area contributed by atoms with Gasteiger partial charge in [-0.1, -0.05) is 34.6 Å². The molecule has 0 spiro atoms. The smallest absolute Gasteiger partial charge is 0.261 e. The van der Waals surface area contributed by atoms with Crippen molar-refractivity contribution in [2.45, 2.75) is 47.6 Å². The number of amides is 2. The Labute approximate surface area is 136 Å². The van der Waals surface area contributed by atoms with Crippen molar-refractivity contribution in [1.82, 2.24) is 5.32 Å². The number of rotatable bonds is 5. The molecule has 3 N–H and O–H groups in total. The first-order valence-corrected chi connectivity index (χ1v) is 8.22. The van der Waals surface area contributed by atoms with Crippen molar-refractivity contribution in [2.75, 3.05) is 11.9 Å². The molecule has 1 rings (SSSR count). The highest BCUT2D eigenvalue weighted by atomic mass is 32.1. The number of carbonyl (C=O) groups is 2. The Bertz CT molecular complexity index is 544. The Morgan fingerprint density at radius 1 is 1.32 bits per heavy atom. The van der Waals surface area contributed by atoms with Crippen LogP contribution in [-0.4, -0.2) is 29.6 Å². The van der Waals surface area contributed by atoms with E-state index < -0.39 is 11.5 Å². The number of nitrogens with one attached hydrogen (secondary N) is 2. The zero-order valence-electron chi connectivity index (χ0n) is 14.1. The van der Waals surface area contributed by atoms with Gasteiger partial charge in [-0.15, -0.1) is 11.3 Å². The molecular formula is C16H26N2O3S. The van der Waals surface area contributed by atoms with Gasteiger partial charge in [-0.2, -0.15) is 0 Å². The fourth-order valence-corrected chi connectivity index (χ4v) is 2.57. The minimum Gasteiger partial charge on any atom is -0.391 e. The van der Waals surface area contributed by atoms with E-state index in [1.165, 1.54) is 11.3 Å². The lowest BCUT2D eigenvalue weighted by Crippen LogP contribution is -2.34. The summed E-state index contributed by atoms with van der Waals surface area (Å²) in [7, 11) is 0. The van der Waals surface area contributed by atoms with Gasteiger partial charge < -0.3 is 15.7 Å². The van der Waals surface area contributed by atoms with Gasteiger partial charge in [0.1, 0.15) is 0 Å². The van der Waals surface area contributed by atoms with Crippen molar-refractivity contribution in [3.8, 4) is 0 Å². The number of aryl methyl sites for hydroxylation is 1. The number of carbonyl (C=O) groups excluding carboxylic acids is 2. The standard InChI is InChI=1S/C16H26N2O3S/c1-9(2)11(19)8-17-14(20)13-10(3)7-12(22-13)18-15(21)16(4,5)6/h7,9,11,19H,8H2,1-6H3,(H,17,20)(H,18,21). The first-order valence-electron chi connectivity index (χ1n) is 7.40. The van der Waals surface area contributed by atoms with E-state index in [4.69, 9.17) is 0 Å².